The molecule has 0 aliphatic heterocycles. The molecule has 0 unspecified atom stereocenters. The van der Waals surface area contributed by atoms with Gasteiger partial charge in [-0.15, -0.1) is 0 Å². The highest BCUT2D eigenvalue weighted by molar-refractivity contribution is 5.21. The fourth-order valence-electron chi connectivity index (χ4n) is 1.83. The average molecular weight is 260 g/mol. The molecule has 1 aliphatic rings. The number of halogens is 2. The Hall–Kier alpha value is -0.800. The van der Waals surface area contributed by atoms with Gasteiger partial charge in [-0.2, -0.15) is 0 Å². The molecule has 0 spiro atoms. The van der Waals surface area contributed by atoms with E-state index in [-0.39, 0.29) is 18.2 Å². The molecule has 0 bridgehead atoms. The summed E-state index contributed by atoms with van der Waals surface area (Å²) >= 11 is 0. The van der Waals surface area contributed by atoms with Crippen LogP contribution < -0.4 is 22.5 Å². The largest absolute Gasteiger partial charge is 1.00 e. The van der Waals surface area contributed by atoms with E-state index in [4.69, 9.17) is 4.74 Å². The van der Waals surface area contributed by atoms with E-state index >= 15 is 0 Å². The van der Waals surface area contributed by atoms with Gasteiger partial charge in [0.15, 0.2) is 0 Å². The molecule has 0 aromatic heterocycles. The van der Waals surface area contributed by atoms with Crippen LogP contribution in [0.1, 0.15) is 25.7 Å². The van der Waals surface area contributed by atoms with Crippen molar-refractivity contribution in [1.29, 1.82) is 0 Å². The molecule has 1 saturated carbocycles. The summed E-state index contributed by atoms with van der Waals surface area (Å²) in [5, 5.41) is 2.41. The Labute approximate surface area is 108 Å². The zero-order valence-electron chi connectivity index (χ0n) is 9.87. The van der Waals surface area contributed by atoms with Crippen molar-refractivity contribution >= 4 is 0 Å². The third-order valence-electron chi connectivity index (χ3n) is 3.08. The lowest BCUT2D eigenvalue weighted by molar-refractivity contribution is -0.699. The quantitative estimate of drug-likeness (QED) is 0.633. The van der Waals surface area contributed by atoms with E-state index in [1.807, 2.05) is 0 Å². The van der Waals surface area contributed by atoms with Crippen molar-refractivity contribution < 1.29 is 26.9 Å². The van der Waals surface area contributed by atoms with E-state index in [1.165, 1.54) is 31.4 Å². The fourth-order valence-corrected chi connectivity index (χ4v) is 1.83. The summed E-state index contributed by atoms with van der Waals surface area (Å²) < 4.78 is 18.1. The molecule has 2 nitrogen and oxygen atoms in total. The van der Waals surface area contributed by atoms with Crippen LogP contribution in [0.3, 0.4) is 0 Å². The summed E-state index contributed by atoms with van der Waals surface area (Å²) in [6, 6.07) is 7.06. The second-order valence-electron chi connectivity index (χ2n) is 4.37. The van der Waals surface area contributed by atoms with Crippen molar-refractivity contribution in [3.63, 3.8) is 0 Å². The van der Waals surface area contributed by atoms with Crippen LogP contribution in [0.2, 0.25) is 0 Å². The molecule has 1 aromatic carbocycles. The van der Waals surface area contributed by atoms with Gasteiger partial charge >= 0.3 is 0 Å². The Kier molecular flexibility index (Phi) is 6.30. The molecule has 96 valence electrons. The smallest absolute Gasteiger partial charge is 0.123 e. The monoisotopic (exact) mass is 259 g/mol. The van der Waals surface area contributed by atoms with Crippen LogP contribution >= 0.6 is 0 Å². The summed E-state index contributed by atoms with van der Waals surface area (Å²) in [7, 11) is 0. The molecule has 2 rings (SSSR count). The van der Waals surface area contributed by atoms with Crippen molar-refractivity contribution in [3.05, 3.63) is 30.1 Å². The predicted octanol–water partition coefficient (Wildman–Crippen LogP) is -1.29. The lowest BCUT2D eigenvalue weighted by Gasteiger charge is -2.22. The van der Waals surface area contributed by atoms with Crippen LogP contribution in [0.25, 0.3) is 0 Å². The molecule has 2 N–H and O–H groups in total. The third kappa shape index (κ3) is 4.92. The maximum absolute atomic E-state index is 12.6. The molecule has 0 heterocycles. The van der Waals surface area contributed by atoms with E-state index in [0.717, 1.165) is 31.4 Å². The van der Waals surface area contributed by atoms with Gasteiger partial charge in [-0.3, -0.25) is 0 Å². The van der Waals surface area contributed by atoms with Gasteiger partial charge < -0.3 is 22.5 Å². The molecule has 1 aliphatic carbocycles. The second-order valence-corrected chi connectivity index (χ2v) is 4.37. The third-order valence-corrected chi connectivity index (χ3v) is 3.08. The average Bonchev–Trinajstić information content (AvgIpc) is 2.23. The molecule has 0 radical (unpaired) electrons. The molecular weight excluding hydrogens is 241 g/mol. The Bertz CT molecular complexity index is 314. The highest BCUT2D eigenvalue weighted by Gasteiger charge is 2.19. The number of ether oxygens (including phenoxy) is 1. The van der Waals surface area contributed by atoms with Gasteiger partial charge in [0.2, 0.25) is 0 Å². The first-order chi connectivity index (χ1) is 7.84. The first kappa shape index (κ1) is 14.3. The minimum atomic E-state index is -0.217. The summed E-state index contributed by atoms with van der Waals surface area (Å²) in [5.74, 6) is 0.538. The lowest BCUT2D eigenvalue weighted by Crippen LogP contribution is -3.00. The number of rotatable bonds is 6. The normalized spacial score (nSPS) is 14.9. The van der Waals surface area contributed by atoms with Gasteiger partial charge in [0.1, 0.15) is 11.6 Å². The number of quaternary nitrogens is 1. The Morgan fingerprint density at radius 1 is 1.24 bits per heavy atom. The van der Waals surface area contributed by atoms with E-state index in [2.05, 4.69) is 5.32 Å². The molecule has 0 amide bonds. The van der Waals surface area contributed by atoms with Gasteiger partial charge in [0.25, 0.3) is 0 Å². The van der Waals surface area contributed by atoms with Crippen molar-refractivity contribution in [2.45, 2.75) is 31.7 Å². The second kappa shape index (κ2) is 7.51. The van der Waals surface area contributed by atoms with Crippen LogP contribution in [0.5, 0.6) is 5.75 Å². The van der Waals surface area contributed by atoms with Crippen LogP contribution in [-0.4, -0.2) is 19.2 Å². The summed E-state index contributed by atoms with van der Waals surface area (Å²) in [6.45, 7) is 1.85. The molecule has 0 atom stereocenters. The van der Waals surface area contributed by atoms with Crippen molar-refractivity contribution in [1.82, 2.24) is 0 Å². The zero-order valence-corrected chi connectivity index (χ0v) is 10.6. The van der Waals surface area contributed by atoms with E-state index < -0.39 is 0 Å². The van der Waals surface area contributed by atoms with Crippen LogP contribution in [0.15, 0.2) is 24.3 Å². The Balaban J connectivity index is 0.00000144. The Morgan fingerprint density at radius 2 is 1.94 bits per heavy atom. The van der Waals surface area contributed by atoms with Crippen LogP contribution in [0.4, 0.5) is 4.39 Å². The van der Waals surface area contributed by atoms with Crippen LogP contribution in [0, 0.1) is 5.82 Å². The highest BCUT2D eigenvalue weighted by atomic mass is 35.5. The number of hydrogen-bond acceptors (Lipinski definition) is 1. The van der Waals surface area contributed by atoms with Crippen molar-refractivity contribution in [2.24, 2.45) is 0 Å². The molecule has 1 aromatic rings. The molecule has 4 heteroatoms. The SMILES string of the molecule is Fc1ccc(OCCC[NH2+]C2CCC2)cc1.[Cl-]. The summed E-state index contributed by atoms with van der Waals surface area (Å²) in [5.41, 5.74) is 0. The van der Waals surface area contributed by atoms with E-state index in [1.54, 1.807) is 12.1 Å². The van der Waals surface area contributed by atoms with Gasteiger partial charge in [-0.1, -0.05) is 0 Å². The van der Waals surface area contributed by atoms with Crippen molar-refractivity contribution in [3.8, 4) is 5.75 Å². The van der Waals surface area contributed by atoms with Crippen LogP contribution in [-0.2, 0) is 0 Å². The standard InChI is InChI=1S/C13H18FNO.ClH/c14-11-5-7-13(8-6-11)16-10-2-9-15-12-3-1-4-12;/h5-8,12,15H,1-4,9-10H2;1H. The minimum Gasteiger partial charge on any atom is -1.00 e. The molecule has 17 heavy (non-hydrogen) atoms. The van der Waals surface area contributed by atoms with Crippen molar-refractivity contribution in [2.75, 3.05) is 13.2 Å². The Morgan fingerprint density at radius 3 is 2.53 bits per heavy atom. The number of nitrogens with two attached hydrogens (primary N) is 1. The highest BCUT2D eigenvalue weighted by Crippen LogP contribution is 2.14. The first-order valence-corrected chi connectivity index (χ1v) is 6.06. The molecular formula is C13H19ClFNO. The minimum absolute atomic E-state index is 0. The fraction of sp³-hybridized carbons (Fsp3) is 0.538. The zero-order chi connectivity index (χ0) is 11.2. The number of hydrogen-bond donors (Lipinski definition) is 1. The first-order valence-electron chi connectivity index (χ1n) is 6.06. The number of benzene rings is 1. The van der Waals surface area contributed by atoms with E-state index in [0.29, 0.717) is 0 Å². The summed E-state index contributed by atoms with van der Waals surface area (Å²) in [4.78, 5) is 0. The summed E-state index contributed by atoms with van der Waals surface area (Å²) in [6.07, 6.45) is 5.19. The lowest BCUT2D eigenvalue weighted by atomic mass is 9.93. The van der Waals surface area contributed by atoms with E-state index in [9.17, 15) is 4.39 Å². The predicted molar refractivity (Wildman–Crippen MR) is 60.9 cm³/mol. The van der Waals surface area contributed by atoms with Gasteiger partial charge in [0, 0.05) is 6.42 Å². The maximum atomic E-state index is 12.6. The van der Waals surface area contributed by atoms with Gasteiger partial charge in [0.05, 0.1) is 19.2 Å². The van der Waals surface area contributed by atoms with Gasteiger partial charge in [-0.05, 0) is 43.5 Å². The molecule has 1 fully saturated rings. The van der Waals surface area contributed by atoms with Gasteiger partial charge in [-0.25, -0.2) is 4.39 Å². The molecule has 0 saturated heterocycles. The topological polar surface area (TPSA) is 25.8 Å². The maximum Gasteiger partial charge on any atom is 0.123 e.